The molecule has 0 spiro atoms. The van der Waals surface area contributed by atoms with Crippen LogP contribution in [0.5, 0.6) is 0 Å². The van der Waals surface area contributed by atoms with Crippen molar-refractivity contribution in [3.8, 4) is 0 Å². The summed E-state index contributed by atoms with van der Waals surface area (Å²) in [7, 11) is 2.05. The third-order valence-corrected chi connectivity index (χ3v) is 3.58. The van der Waals surface area contributed by atoms with Gasteiger partial charge in [-0.3, -0.25) is 4.90 Å². The van der Waals surface area contributed by atoms with Gasteiger partial charge in [-0.2, -0.15) is 0 Å². The van der Waals surface area contributed by atoms with Crippen LogP contribution in [0.3, 0.4) is 0 Å². The van der Waals surface area contributed by atoms with E-state index in [1.54, 1.807) is 0 Å². The van der Waals surface area contributed by atoms with Crippen molar-refractivity contribution >= 4 is 0 Å². The van der Waals surface area contributed by atoms with E-state index in [2.05, 4.69) is 45.0 Å². The second-order valence-electron chi connectivity index (χ2n) is 5.51. The summed E-state index contributed by atoms with van der Waals surface area (Å²) in [6.07, 6.45) is 4.16. The molecule has 0 aromatic rings. The molecule has 1 rings (SSSR count). The molecule has 0 saturated heterocycles. The Labute approximate surface area is 95.4 Å². The van der Waals surface area contributed by atoms with Crippen molar-refractivity contribution in [1.82, 2.24) is 10.2 Å². The summed E-state index contributed by atoms with van der Waals surface area (Å²) in [5, 5.41) is 3.33. The van der Waals surface area contributed by atoms with Crippen LogP contribution >= 0.6 is 0 Å². The van der Waals surface area contributed by atoms with E-state index in [9.17, 15) is 0 Å². The molecule has 0 radical (unpaired) electrons. The minimum Gasteiger partial charge on any atom is -0.317 e. The monoisotopic (exact) mass is 212 g/mol. The topological polar surface area (TPSA) is 15.3 Å². The first-order valence-corrected chi connectivity index (χ1v) is 6.47. The fourth-order valence-corrected chi connectivity index (χ4v) is 2.26. The predicted octanol–water partition coefficient (Wildman–Crippen LogP) is 2.49. The van der Waals surface area contributed by atoms with Crippen molar-refractivity contribution in [3.63, 3.8) is 0 Å². The molecule has 90 valence electrons. The molecule has 0 aromatic carbocycles. The van der Waals surface area contributed by atoms with Crippen LogP contribution in [0.1, 0.15) is 47.0 Å². The van der Waals surface area contributed by atoms with Crippen molar-refractivity contribution in [1.29, 1.82) is 0 Å². The second-order valence-corrected chi connectivity index (χ2v) is 5.51. The van der Waals surface area contributed by atoms with Crippen LogP contribution in [0.4, 0.5) is 0 Å². The number of hydrogen-bond donors (Lipinski definition) is 1. The van der Waals surface area contributed by atoms with Crippen LogP contribution < -0.4 is 5.32 Å². The molecular weight excluding hydrogens is 184 g/mol. The highest BCUT2D eigenvalue weighted by atomic mass is 15.2. The average Bonchev–Trinajstić information content (AvgIpc) is 2.96. The van der Waals surface area contributed by atoms with Gasteiger partial charge in [-0.25, -0.2) is 0 Å². The van der Waals surface area contributed by atoms with E-state index in [0.29, 0.717) is 18.1 Å². The smallest absolute Gasteiger partial charge is 0.00844 e. The third kappa shape index (κ3) is 4.52. The molecule has 15 heavy (non-hydrogen) atoms. The van der Waals surface area contributed by atoms with E-state index in [-0.39, 0.29) is 0 Å². The van der Waals surface area contributed by atoms with Crippen molar-refractivity contribution < 1.29 is 0 Å². The Morgan fingerprint density at radius 1 is 1.20 bits per heavy atom. The molecule has 1 aliphatic rings. The number of rotatable bonds is 7. The van der Waals surface area contributed by atoms with Gasteiger partial charge in [0.05, 0.1) is 0 Å². The normalized spacial score (nSPS) is 21.0. The lowest BCUT2D eigenvalue weighted by Gasteiger charge is -2.34. The second kappa shape index (κ2) is 5.86. The van der Waals surface area contributed by atoms with Crippen LogP contribution in [-0.4, -0.2) is 36.6 Å². The summed E-state index contributed by atoms with van der Waals surface area (Å²) < 4.78 is 0. The zero-order chi connectivity index (χ0) is 11.4. The van der Waals surface area contributed by atoms with Crippen LogP contribution in [0.2, 0.25) is 0 Å². The van der Waals surface area contributed by atoms with Gasteiger partial charge in [0.1, 0.15) is 0 Å². The third-order valence-electron chi connectivity index (χ3n) is 3.58. The Bertz CT molecular complexity index is 175. The van der Waals surface area contributed by atoms with Gasteiger partial charge in [0.25, 0.3) is 0 Å². The number of nitrogens with zero attached hydrogens (tertiary/aromatic N) is 1. The lowest BCUT2D eigenvalue weighted by molar-refractivity contribution is 0.142. The predicted molar refractivity (Wildman–Crippen MR) is 67.2 cm³/mol. The Hall–Kier alpha value is -0.0800. The van der Waals surface area contributed by atoms with Gasteiger partial charge < -0.3 is 5.32 Å². The largest absolute Gasteiger partial charge is 0.317 e. The maximum atomic E-state index is 3.33. The van der Waals surface area contributed by atoms with Gasteiger partial charge in [-0.15, -0.1) is 0 Å². The highest BCUT2D eigenvalue weighted by Gasteiger charge is 2.28. The van der Waals surface area contributed by atoms with Crippen molar-refractivity contribution in [2.75, 3.05) is 13.6 Å². The van der Waals surface area contributed by atoms with Crippen molar-refractivity contribution in [3.05, 3.63) is 0 Å². The Morgan fingerprint density at radius 3 is 2.20 bits per heavy atom. The quantitative estimate of drug-likeness (QED) is 0.697. The molecule has 1 N–H and O–H groups in total. The number of nitrogens with one attached hydrogen (secondary N) is 1. The van der Waals surface area contributed by atoms with Gasteiger partial charge in [-0.1, -0.05) is 0 Å². The minimum atomic E-state index is 0.625. The van der Waals surface area contributed by atoms with Crippen LogP contribution in [0.15, 0.2) is 0 Å². The van der Waals surface area contributed by atoms with Crippen LogP contribution in [0.25, 0.3) is 0 Å². The van der Waals surface area contributed by atoms with Crippen LogP contribution in [0, 0.1) is 5.92 Å². The Morgan fingerprint density at radius 2 is 1.80 bits per heavy atom. The molecule has 2 nitrogen and oxygen atoms in total. The first-order valence-electron chi connectivity index (χ1n) is 6.47. The highest BCUT2D eigenvalue weighted by Crippen LogP contribution is 2.31. The van der Waals surface area contributed by atoms with Gasteiger partial charge in [0.2, 0.25) is 0 Å². The molecule has 0 aromatic heterocycles. The molecular formula is C13H28N2. The number of hydrogen-bond acceptors (Lipinski definition) is 2. The fraction of sp³-hybridized carbons (Fsp3) is 1.00. The maximum absolute atomic E-state index is 3.33. The van der Waals surface area contributed by atoms with E-state index in [1.807, 2.05) is 0 Å². The van der Waals surface area contributed by atoms with E-state index in [4.69, 9.17) is 0 Å². The first-order chi connectivity index (χ1) is 7.04. The van der Waals surface area contributed by atoms with Crippen LogP contribution in [-0.2, 0) is 0 Å². The highest BCUT2D eigenvalue weighted by molar-refractivity contribution is 4.82. The van der Waals surface area contributed by atoms with E-state index in [0.717, 1.165) is 5.92 Å². The molecule has 2 atom stereocenters. The summed E-state index contributed by atoms with van der Waals surface area (Å²) in [6, 6.07) is 2.01. The van der Waals surface area contributed by atoms with Crippen molar-refractivity contribution in [2.24, 2.45) is 5.92 Å². The van der Waals surface area contributed by atoms with E-state index in [1.165, 1.54) is 25.8 Å². The zero-order valence-electron chi connectivity index (χ0n) is 11.1. The Kier molecular flexibility index (Phi) is 5.07. The lowest BCUT2D eigenvalue weighted by Crippen LogP contribution is -2.43. The van der Waals surface area contributed by atoms with Crippen molar-refractivity contribution in [2.45, 2.75) is 65.1 Å². The summed E-state index contributed by atoms with van der Waals surface area (Å²) >= 11 is 0. The fourth-order valence-electron chi connectivity index (χ4n) is 2.26. The molecule has 0 bridgehead atoms. The molecule has 0 aliphatic heterocycles. The molecule has 2 heteroatoms. The summed E-state index contributed by atoms with van der Waals surface area (Å²) in [4.78, 5) is 2.67. The first kappa shape index (κ1) is 13.0. The minimum absolute atomic E-state index is 0.625. The molecule has 0 amide bonds. The SMILES string of the molecule is CNC(C)CC(C)N(CC1CC1)C(C)C. The van der Waals surface area contributed by atoms with Gasteiger partial charge in [0.15, 0.2) is 0 Å². The lowest BCUT2D eigenvalue weighted by atomic mass is 10.1. The molecule has 1 fully saturated rings. The van der Waals surface area contributed by atoms with Gasteiger partial charge >= 0.3 is 0 Å². The van der Waals surface area contributed by atoms with Gasteiger partial charge in [0, 0.05) is 24.7 Å². The summed E-state index contributed by atoms with van der Waals surface area (Å²) in [5.41, 5.74) is 0. The van der Waals surface area contributed by atoms with E-state index < -0.39 is 0 Å². The average molecular weight is 212 g/mol. The summed E-state index contributed by atoms with van der Waals surface area (Å²) in [5.74, 6) is 1.000. The molecule has 1 saturated carbocycles. The van der Waals surface area contributed by atoms with Gasteiger partial charge in [-0.05, 0) is 59.9 Å². The Balaban J connectivity index is 2.38. The molecule has 0 heterocycles. The standard InChI is InChI=1S/C13H28N2/c1-10(2)15(9-13-6-7-13)12(4)8-11(3)14-5/h10-14H,6-9H2,1-5H3. The summed E-state index contributed by atoms with van der Waals surface area (Å²) in [6.45, 7) is 10.6. The zero-order valence-corrected chi connectivity index (χ0v) is 11.1. The van der Waals surface area contributed by atoms with E-state index >= 15 is 0 Å². The molecule has 2 unspecified atom stereocenters. The molecule has 1 aliphatic carbocycles. The maximum Gasteiger partial charge on any atom is 0.00844 e.